The van der Waals surface area contributed by atoms with Crippen molar-refractivity contribution in [3.8, 4) is 0 Å². The standard InChI is InChI=1S/C17H27N3O2S/c1-17(8-9-17)18-11-13-19(14-12-18)23(21,22)20-10-4-6-15-5-2-3-7-16(15)20/h2-3,5,7,21-22H,4,6,8-14H2,1H3. The Hall–Kier alpha value is -0.790. The second-order valence-corrected chi connectivity index (χ2v) is 9.17. The predicted molar refractivity (Wildman–Crippen MR) is 95.7 cm³/mol. The molecule has 2 heterocycles. The van der Waals surface area contributed by atoms with Gasteiger partial charge in [-0.05, 0) is 44.2 Å². The van der Waals surface area contributed by atoms with Crippen LogP contribution in [0.2, 0.25) is 0 Å². The lowest BCUT2D eigenvalue weighted by atomic mass is 10.0. The second kappa shape index (κ2) is 5.63. The van der Waals surface area contributed by atoms with Crippen LogP contribution in [-0.2, 0) is 6.42 Å². The van der Waals surface area contributed by atoms with Crippen LogP contribution in [0, 0.1) is 0 Å². The molecule has 0 aromatic heterocycles. The molecule has 4 rings (SSSR count). The summed E-state index contributed by atoms with van der Waals surface area (Å²) in [7, 11) is -2.91. The van der Waals surface area contributed by atoms with Crippen LogP contribution < -0.4 is 4.31 Å². The van der Waals surface area contributed by atoms with Gasteiger partial charge >= 0.3 is 0 Å². The number of anilines is 1. The molecule has 5 nitrogen and oxygen atoms in total. The Bertz CT molecular complexity index is 583. The van der Waals surface area contributed by atoms with Gasteiger partial charge < -0.3 is 0 Å². The zero-order valence-corrected chi connectivity index (χ0v) is 14.6. The Labute approximate surface area is 140 Å². The maximum Gasteiger partial charge on any atom is 0.0614 e. The number of hydrogen-bond donors (Lipinski definition) is 2. The summed E-state index contributed by atoms with van der Waals surface area (Å²) in [5, 5.41) is 0. The molecule has 0 amide bonds. The molecule has 1 saturated carbocycles. The Morgan fingerprint density at radius 2 is 1.70 bits per heavy atom. The number of para-hydroxylation sites is 1. The van der Waals surface area contributed by atoms with Crippen molar-refractivity contribution in [3.63, 3.8) is 0 Å². The molecule has 1 aliphatic carbocycles. The molecule has 0 unspecified atom stereocenters. The van der Waals surface area contributed by atoms with Crippen molar-refractivity contribution in [2.45, 2.75) is 38.1 Å². The molecular weight excluding hydrogens is 310 g/mol. The third-order valence-corrected chi connectivity index (χ3v) is 7.71. The Balaban J connectivity index is 1.50. The molecule has 128 valence electrons. The van der Waals surface area contributed by atoms with E-state index < -0.39 is 11.0 Å². The highest BCUT2D eigenvalue weighted by Crippen LogP contribution is 2.52. The van der Waals surface area contributed by atoms with Gasteiger partial charge in [-0.1, -0.05) is 29.2 Å². The third-order valence-electron chi connectivity index (χ3n) is 5.69. The van der Waals surface area contributed by atoms with E-state index in [0.29, 0.717) is 5.54 Å². The zero-order chi connectivity index (χ0) is 16.1. The van der Waals surface area contributed by atoms with Crippen molar-refractivity contribution < 1.29 is 9.11 Å². The highest BCUT2D eigenvalue weighted by atomic mass is 32.3. The third kappa shape index (κ3) is 2.76. The number of fused-ring (bicyclic) bond motifs is 1. The van der Waals surface area contributed by atoms with E-state index in [1.807, 2.05) is 26.8 Å². The Kier molecular flexibility index (Phi) is 3.85. The molecule has 0 radical (unpaired) electrons. The molecule has 1 saturated heterocycles. The first-order valence-electron chi connectivity index (χ1n) is 8.65. The van der Waals surface area contributed by atoms with Crippen LogP contribution in [0.25, 0.3) is 0 Å². The van der Waals surface area contributed by atoms with E-state index in [1.165, 1.54) is 18.4 Å². The van der Waals surface area contributed by atoms with Gasteiger partial charge in [0.25, 0.3) is 0 Å². The van der Waals surface area contributed by atoms with Crippen molar-refractivity contribution in [1.82, 2.24) is 9.21 Å². The lowest BCUT2D eigenvalue weighted by Crippen LogP contribution is -2.53. The van der Waals surface area contributed by atoms with Gasteiger partial charge in [0, 0.05) is 38.3 Å². The average Bonchev–Trinajstić information content (AvgIpc) is 3.33. The molecule has 1 aromatic carbocycles. The van der Waals surface area contributed by atoms with E-state index in [4.69, 9.17) is 0 Å². The minimum Gasteiger partial charge on any atom is -0.295 e. The molecule has 2 aliphatic heterocycles. The van der Waals surface area contributed by atoms with Gasteiger partial charge in [0.1, 0.15) is 0 Å². The van der Waals surface area contributed by atoms with Crippen LogP contribution in [0.15, 0.2) is 24.3 Å². The molecule has 1 aromatic rings. The largest absolute Gasteiger partial charge is 0.295 e. The van der Waals surface area contributed by atoms with Gasteiger partial charge in [-0.25, -0.2) is 0 Å². The molecule has 6 heteroatoms. The van der Waals surface area contributed by atoms with Crippen LogP contribution in [0.1, 0.15) is 31.7 Å². The summed E-state index contributed by atoms with van der Waals surface area (Å²) < 4.78 is 25.7. The van der Waals surface area contributed by atoms with Crippen LogP contribution in [0.5, 0.6) is 0 Å². The summed E-state index contributed by atoms with van der Waals surface area (Å²) in [6, 6.07) is 8.13. The van der Waals surface area contributed by atoms with E-state index >= 15 is 0 Å². The van der Waals surface area contributed by atoms with E-state index in [0.717, 1.165) is 51.3 Å². The highest BCUT2D eigenvalue weighted by molar-refractivity contribution is 8.23. The number of aryl methyl sites for hydroxylation is 1. The molecule has 0 atom stereocenters. The SMILES string of the molecule is CC1(N2CCN(S(O)(O)N3CCCc4ccccc43)CC2)CC1. The lowest BCUT2D eigenvalue weighted by Gasteiger charge is -2.54. The molecule has 2 N–H and O–H groups in total. The summed E-state index contributed by atoms with van der Waals surface area (Å²) in [6.45, 7) is 6.37. The fourth-order valence-electron chi connectivity index (χ4n) is 3.86. The molecule has 3 aliphatic rings. The van der Waals surface area contributed by atoms with E-state index in [-0.39, 0.29) is 0 Å². The first kappa shape index (κ1) is 15.7. The van der Waals surface area contributed by atoms with E-state index in [1.54, 1.807) is 0 Å². The Morgan fingerprint density at radius 3 is 2.39 bits per heavy atom. The van der Waals surface area contributed by atoms with Gasteiger partial charge in [0.2, 0.25) is 0 Å². The first-order valence-corrected chi connectivity index (χ1v) is 10.1. The lowest BCUT2D eigenvalue weighted by molar-refractivity contribution is 0.126. The molecule has 0 spiro atoms. The maximum absolute atomic E-state index is 11.0. The van der Waals surface area contributed by atoms with E-state index in [9.17, 15) is 9.11 Å². The number of nitrogens with zero attached hydrogens (tertiary/aromatic N) is 3. The summed E-state index contributed by atoms with van der Waals surface area (Å²) in [4.78, 5) is 2.52. The summed E-state index contributed by atoms with van der Waals surface area (Å²) in [6.07, 6.45) is 4.56. The highest BCUT2D eigenvalue weighted by Gasteiger charge is 2.45. The smallest absolute Gasteiger partial charge is 0.0614 e. The van der Waals surface area contributed by atoms with Gasteiger partial charge in [-0.3, -0.25) is 18.3 Å². The number of hydrogen-bond acceptors (Lipinski definition) is 5. The van der Waals surface area contributed by atoms with Gasteiger partial charge in [-0.2, -0.15) is 4.31 Å². The van der Waals surface area contributed by atoms with Crippen molar-refractivity contribution in [2.24, 2.45) is 0 Å². The number of piperazine rings is 1. The van der Waals surface area contributed by atoms with Crippen LogP contribution >= 0.6 is 11.0 Å². The van der Waals surface area contributed by atoms with Crippen molar-refractivity contribution in [3.05, 3.63) is 29.8 Å². The second-order valence-electron chi connectivity index (χ2n) is 7.24. The molecule has 0 bridgehead atoms. The van der Waals surface area contributed by atoms with Crippen LogP contribution in [0.3, 0.4) is 0 Å². The monoisotopic (exact) mass is 337 g/mol. The summed E-state index contributed by atoms with van der Waals surface area (Å²) in [5.74, 6) is 0. The predicted octanol–water partition coefficient (Wildman–Crippen LogP) is 3.19. The minimum atomic E-state index is -2.91. The van der Waals surface area contributed by atoms with Crippen molar-refractivity contribution in [2.75, 3.05) is 37.0 Å². The van der Waals surface area contributed by atoms with Gasteiger partial charge in [0.15, 0.2) is 0 Å². The number of benzene rings is 1. The normalized spacial score (nSPS) is 26.0. The van der Waals surface area contributed by atoms with Gasteiger partial charge in [-0.15, -0.1) is 0 Å². The van der Waals surface area contributed by atoms with Crippen LogP contribution in [-0.4, -0.2) is 56.6 Å². The molecular formula is C17H27N3O2S. The average molecular weight is 337 g/mol. The Morgan fingerprint density at radius 1 is 1.00 bits per heavy atom. The topological polar surface area (TPSA) is 50.2 Å². The number of rotatable bonds is 3. The molecule has 2 fully saturated rings. The van der Waals surface area contributed by atoms with Gasteiger partial charge in [0.05, 0.1) is 5.69 Å². The summed E-state index contributed by atoms with van der Waals surface area (Å²) >= 11 is 0. The first-order chi connectivity index (χ1) is 11.0. The molecule has 23 heavy (non-hydrogen) atoms. The fraction of sp³-hybridized carbons (Fsp3) is 0.647. The quantitative estimate of drug-likeness (QED) is 0.887. The van der Waals surface area contributed by atoms with Crippen molar-refractivity contribution >= 4 is 16.6 Å². The zero-order valence-electron chi connectivity index (χ0n) is 13.8. The summed E-state index contributed by atoms with van der Waals surface area (Å²) in [5.41, 5.74) is 2.60. The fourth-order valence-corrected chi connectivity index (χ4v) is 5.61. The van der Waals surface area contributed by atoms with E-state index in [2.05, 4.69) is 17.9 Å². The maximum atomic E-state index is 11.0. The van der Waals surface area contributed by atoms with Crippen molar-refractivity contribution in [1.29, 1.82) is 0 Å². The minimum absolute atomic E-state index is 0.382. The van der Waals surface area contributed by atoms with Crippen LogP contribution in [0.4, 0.5) is 5.69 Å².